The number of carbonyl (C=O) groups excluding carboxylic acids is 1. The summed E-state index contributed by atoms with van der Waals surface area (Å²) in [6, 6.07) is 5.53. The van der Waals surface area contributed by atoms with Crippen molar-refractivity contribution in [3.8, 4) is 17.6 Å². The first-order chi connectivity index (χ1) is 10.4. The second kappa shape index (κ2) is 7.88. The van der Waals surface area contributed by atoms with Crippen LogP contribution in [0.3, 0.4) is 0 Å². The molecule has 1 rings (SSSR count). The van der Waals surface area contributed by atoms with Crippen molar-refractivity contribution in [1.29, 1.82) is 5.26 Å². The van der Waals surface area contributed by atoms with Gasteiger partial charge >= 0.3 is 5.97 Å². The molecular weight excluding hydrogens is 288 g/mol. The van der Waals surface area contributed by atoms with Crippen molar-refractivity contribution in [2.24, 2.45) is 5.92 Å². The number of carbonyl (C=O) groups is 2. The number of amides is 1. The minimum absolute atomic E-state index is 0.245. The maximum absolute atomic E-state index is 11.8. The summed E-state index contributed by atoms with van der Waals surface area (Å²) >= 11 is 0. The van der Waals surface area contributed by atoms with Crippen molar-refractivity contribution in [2.75, 3.05) is 13.7 Å². The van der Waals surface area contributed by atoms with Crippen molar-refractivity contribution in [2.45, 2.75) is 19.9 Å². The van der Waals surface area contributed by atoms with E-state index >= 15 is 0 Å². The van der Waals surface area contributed by atoms with Crippen LogP contribution in [0.25, 0.3) is 0 Å². The van der Waals surface area contributed by atoms with Crippen LogP contribution in [0.2, 0.25) is 0 Å². The van der Waals surface area contributed by atoms with Crippen LogP contribution < -0.4 is 14.8 Å². The first kappa shape index (κ1) is 17.3. The average molecular weight is 306 g/mol. The fourth-order valence-corrected chi connectivity index (χ4v) is 1.73. The number of carboxylic acid groups (broad SMARTS) is 1. The molecule has 0 saturated heterocycles. The fraction of sp³-hybridized carbons (Fsp3) is 0.400. The number of aliphatic carboxylic acids is 1. The molecule has 22 heavy (non-hydrogen) atoms. The number of nitriles is 1. The van der Waals surface area contributed by atoms with Crippen LogP contribution in [0.5, 0.6) is 11.5 Å². The summed E-state index contributed by atoms with van der Waals surface area (Å²) in [4.78, 5) is 22.8. The molecule has 0 aromatic heterocycles. The molecule has 2 N–H and O–H groups in total. The standard InChI is InChI=1S/C15H18N2O5/c1-9(2)14(15(19)20)17-13(18)8-22-11-5-4-10(7-16)6-12(11)21-3/h4-6,9,14H,8H2,1-3H3,(H,17,18)(H,19,20). The van der Waals surface area contributed by atoms with Gasteiger partial charge in [0.15, 0.2) is 18.1 Å². The smallest absolute Gasteiger partial charge is 0.326 e. The number of nitrogens with zero attached hydrogens (tertiary/aromatic N) is 1. The molecule has 0 bridgehead atoms. The van der Waals surface area contributed by atoms with Crippen LogP contribution in [0, 0.1) is 17.2 Å². The third-order valence-electron chi connectivity index (χ3n) is 2.90. The van der Waals surface area contributed by atoms with E-state index in [9.17, 15) is 9.59 Å². The molecule has 1 aromatic carbocycles. The Kier molecular flexibility index (Phi) is 6.20. The van der Waals surface area contributed by atoms with E-state index in [1.165, 1.54) is 25.3 Å². The van der Waals surface area contributed by atoms with E-state index in [1.54, 1.807) is 13.8 Å². The Labute approximate surface area is 128 Å². The Morgan fingerprint density at radius 1 is 1.36 bits per heavy atom. The number of carboxylic acids is 1. The normalized spacial score (nSPS) is 11.4. The molecule has 0 aliphatic carbocycles. The fourth-order valence-electron chi connectivity index (χ4n) is 1.73. The summed E-state index contributed by atoms with van der Waals surface area (Å²) in [5, 5.41) is 20.2. The van der Waals surface area contributed by atoms with Crippen molar-refractivity contribution >= 4 is 11.9 Å². The molecule has 0 heterocycles. The Bertz CT molecular complexity index is 592. The van der Waals surface area contributed by atoms with E-state index < -0.39 is 17.9 Å². The first-order valence-corrected chi connectivity index (χ1v) is 6.62. The van der Waals surface area contributed by atoms with Gasteiger partial charge in [0.05, 0.1) is 18.7 Å². The van der Waals surface area contributed by atoms with Crippen LogP contribution in [-0.2, 0) is 9.59 Å². The lowest BCUT2D eigenvalue weighted by molar-refractivity contribution is -0.143. The Hall–Kier alpha value is -2.75. The summed E-state index contributed by atoms with van der Waals surface area (Å²) in [7, 11) is 1.42. The number of rotatable bonds is 7. The van der Waals surface area contributed by atoms with Gasteiger partial charge in [0, 0.05) is 6.07 Å². The molecule has 0 aliphatic heterocycles. The van der Waals surface area contributed by atoms with Gasteiger partial charge in [-0.05, 0) is 18.1 Å². The highest BCUT2D eigenvalue weighted by Gasteiger charge is 2.23. The summed E-state index contributed by atoms with van der Waals surface area (Å²) in [5.74, 6) is -1.27. The van der Waals surface area contributed by atoms with E-state index in [4.69, 9.17) is 19.8 Å². The maximum atomic E-state index is 11.8. The molecule has 118 valence electrons. The monoisotopic (exact) mass is 306 g/mol. The zero-order valence-corrected chi connectivity index (χ0v) is 12.6. The predicted molar refractivity (Wildman–Crippen MR) is 77.6 cm³/mol. The number of hydrogen-bond acceptors (Lipinski definition) is 5. The lowest BCUT2D eigenvalue weighted by Crippen LogP contribution is -2.46. The van der Waals surface area contributed by atoms with Gasteiger partial charge in [-0.25, -0.2) is 4.79 Å². The van der Waals surface area contributed by atoms with Crippen LogP contribution in [0.4, 0.5) is 0 Å². The molecule has 1 amide bonds. The van der Waals surface area contributed by atoms with E-state index in [0.29, 0.717) is 17.1 Å². The second-order valence-electron chi connectivity index (χ2n) is 4.89. The van der Waals surface area contributed by atoms with E-state index in [2.05, 4.69) is 5.32 Å². The van der Waals surface area contributed by atoms with Gasteiger partial charge in [-0.3, -0.25) is 4.79 Å². The molecule has 1 aromatic rings. The lowest BCUT2D eigenvalue weighted by atomic mass is 10.1. The summed E-state index contributed by atoms with van der Waals surface area (Å²) in [6.07, 6.45) is 0. The van der Waals surface area contributed by atoms with Gasteiger partial charge in [0.25, 0.3) is 5.91 Å². The maximum Gasteiger partial charge on any atom is 0.326 e. The molecule has 7 nitrogen and oxygen atoms in total. The lowest BCUT2D eigenvalue weighted by Gasteiger charge is -2.18. The molecule has 0 spiro atoms. The highest BCUT2D eigenvalue weighted by atomic mass is 16.5. The quantitative estimate of drug-likeness (QED) is 0.782. The predicted octanol–water partition coefficient (Wildman–Crippen LogP) is 1.17. The zero-order chi connectivity index (χ0) is 16.7. The topological polar surface area (TPSA) is 109 Å². The van der Waals surface area contributed by atoms with Gasteiger partial charge in [-0.2, -0.15) is 5.26 Å². The number of ether oxygens (including phenoxy) is 2. The van der Waals surface area contributed by atoms with Crippen LogP contribution in [0.15, 0.2) is 18.2 Å². The summed E-state index contributed by atoms with van der Waals surface area (Å²) in [6.45, 7) is 3.05. The van der Waals surface area contributed by atoms with Gasteiger partial charge in [-0.1, -0.05) is 13.8 Å². The average Bonchev–Trinajstić information content (AvgIpc) is 2.49. The third kappa shape index (κ3) is 4.66. The van der Waals surface area contributed by atoms with E-state index in [-0.39, 0.29) is 12.5 Å². The van der Waals surface area contributed by atoms with Crippen LogP contribution in [0.1, 0.15) is 19.4 Å². The molecule has 7 heteroatoms. The van der Waals surface area contributed by atoms with Crippen molar-refractivity contribution in [3.63, 3.8) is 0 Å². The van der Waals surface area contributed by atoms with Crippen molar-refractivity contribution in [1.82, 2.24) is 5.32 Å². The second-order valence-corrected chi connectivity index (χ2v) is 4.89. The van der Waals surface area contributed by atoms with E-state index in [1.807, 2.05) is 6.07 Å². The Morgan fingerprint density at radius 3 is 2.55 bits per heavy atom. The van der Waals surface area contributed by atoms with Crippen molar-refractivity contribution < 1.29 is 24.2 Å². The molecule has 0 aliphatic rings. The highest BCUT2D eigenvalue weighted by Crippen LogP contribution is 2.27. The molecule has 0 radical (unpaired) electrons. The van der Waals surface area contributed by atoms with Crippen molar-refractivity contribution in [3.05, 3.63) is 23.8 Å². The summed E-state index contributed by atoms with van der Waals surface area (Å²) < 4.78 is 10.4. The van der Waals surface area contributed by atoms with Gasteiger partial charge < -0.3 is 19.9 Å². The third-order valence-corrected chi connectivity index (χ3v) is 2.90. The first-order valence-electron chi connectivity index (χ1n) is 6.62. The minimum atomic E-state index is -1.10. The summed E-state index contributed by atoms with van der Waals surface area (Å²) in [5.41, 5.74) is 0.402. The highest BCUT2D eigenvalue weighted by molar-refractivity contribution is 5.84. The van der Waals surface area contributed by atoms with Gasteiger partial charge in [0.2, 0.25) is 0 Å². The zero-order valence-electron chi connectivity index (χ0n) is 12.6. The largest absolute Gasteiger partial charge is 0.493 e. The number of hydrogen-bond donors (Lipinski definition) is 2. The van der Waals surface area contributed by atoms with E-state index in [0.717, 1.165) is 0 Å². The molecule has 1 unspecified atom stereocenters. The minimum Gasteiger partial charge on any atom is -0.493 e. The van der Waals surface area contributed by atoms with Crippen LogP contribution in [-0.4, -0.2) is 36.7 Å². The van der Waals surface area contributed by atoms with Gasteiger partial charge in [-0.15, -0.1) is 0 Å². The SMILES string of the molecule is COc1cc(C#N)ccc1OCC(=O)NC(C(=O)O)C(C)C. The Balaban J connectivity index is 2.68. The molecule has 1 atom stereocenters. The number of nitrogens with one attached hydrogen (secondary N) is 1. The molecular formula is C15H18N2O5. The number of methoxy groups -OCH3 is 1. The van der Waals surface area contributed by atoms with Gasteiger partial charge in [0.1, 0.15) is 6.04 Å². The molecule has 0 fully saturated rings. The molecule has 0 saturated carbocycles. The Morgan fingerprint density at radius 2 is 2.05 bits per heavy atom. The van der Waals surface area contributed by atoms with Crippen LogP contribution >= 0.6 is 0 Å². The number of benzene rings is 1.